The molecule has 2 unspecified atom stereocenters. The van der Waals surface area contributed by atoms with Crippen molar-refractivity contribution in [2.24, 2.45) is 17.6 Å². The highest BCUT2D eigenvalue weighted by atomic mass is 16.1. The molecule has 1 fully saturated rings. The maximum atomic E-state index is 12.3. The third kappa shape index (κ3) is 3.83. The lowest BCUT2D eigenvalue weighted by atomic mass is 9.79. The lowest BCUT2D eigenvalue weighted by Crippen LogP contribution is -2.39. The Morgan fingerprint density at radius 2 is 1.85 bits per heavy atom. The van der Waals surface area contributed by atoms with E-state index < -0.39 is 0 Å². The van der Waals surface area contributed by atoms with Crippen LogP contribution in [0.15, 0.2) is 24.3 Å². The molecule has 0 aromatic heterocycles. The molecule has 0 heterocycles. The molecule has 2 atom stereocenters. The number of aryl methyl sites for hydroxylation is 1. The third-order valence-corrected chi connectivity index (χ3v) is 4.45. The molecule has 110 valence electrons. The number of hydrogen-bond acceptors (Lipinski definition) is 2. The monoisotopic (exact) mass is 274 g/mol. The van der Waals surface area contributed by atoms with Gasteiger partial charge in [0.15, 0.2) is 0 Å². The Labute approximate surface area is 121 Å². The van der Waals surface area contributed by atoms with Crippen LogP contribution >= 0.6 is 0 Å². The van der Waals surface area contributed by atoms with Gasteiger partial charge in [-0.25, -0.2) is 0 Å². The zero-order valence-corrected chi connectivity index (χ0v) is 12.4. The fraction of sp³-hybridized carbons (Fsp3) is 0.588. The van der Waals surface area contributed by atoms with Crippen molar-refractivity contribution in [3.05, 3.63) is 35.4 Å². The van der Waals surface area contributed by atoms with Crippen molar-refractivity contribution in [1.29, 1.82) is 0 Å². The standard InChI is InChI=1S/C17H26N2O/c1-2-13-7-9-14(10-8-13)12-19-17(20)16-6-4-3-5-15(16)11-18/h7-10,15-16H,2-6,11-12,18H2,1H3,(H,19,20). The van der Waals surface area contributed by atoms with E-state index in [-0.39, 0.29) is 11.8 Å². The van der Waals surface area contributed by atoms with Crippen molar-refractivity contribution in [2.45, 2.75) is 45.6 Å². The Bertz CT molecular complexity index is 427. The lowest BCUT2D eigenvalue weighted by molar-refractivity contribution is -0.127. The minimum atomic E-state index is 0.115. The first-order chi connectivity index (χ1) is 9.74. The lowest BCUT2D eigenvalue weighted by Gasteiger charge is -2.29. The van der Waals surface area contributed by atoms with Crippen molar-refractivity contribution in [3.8, 4) is 0 Å². The van der Waals surface area contributed by atoms with E-state index in [2.05, 4.69) is 36.5 Å². The largest absolute Gasteiger partial charge is 0.352 e. The summed E-state index contributed by atoms with van der Waals surface area (Å²) in [5, 5.41) is 3.08. The molecule has 0 aliphatic heterocycles. The predicted molar refractivity (Wildman–Crippen MR) is 82.2 cm³/mol. The fourth-order valence-electron chi connectivity index (χ4n) is 3.05. The molecule has 0 spiro atoms. The molecule has 1 aromatic rings. The number of nitrogens with one attached hydrogen (secondary N) is 1. The van der Waals surface area contributed by atoms with Gasteiger partial charge in [-0.3, -0.25) is 4.79 Å². The normalized spacial score (nSPS) is 22.5. The molecular formula is C17H26N2O. The maximum absolute atomic E-state index is 12.3. The van der Waals surface area contributed by atoms with Crippen LogP contribution in [0, 0.1) is 11.8 Å². The average Bonchev–Trinajstić information content (AvgIpc) is 2.53. The Hall–Kier alpha value is -1.35. The number of rotatable bonds is 5. The molecule has 1 aromatic carbocycles. The summed E-state index contributed by atoms with van der Waals surface area (Å²) < 4.78 is 0. The van der Waals surface area contributed by atoms with Crippen LogP contribution in [-0.2, 0) is 17.8 Å². The van der Waals surface area contributed by atoms with Gasteiger partial charge in [-0.15, -0.1) is 0 Å². The maximum Gasteiger partial charge on any atom is 0.223 e. The van der Waals surface area contributed by atoms with E-state index >= 15 is 0 Å². The molecule has 3 N–H and O–H groups in total. The second-order valence-electron chi connectivity index (χ2n) is 5.77. The summed E-state index contributed by atoms with van der Waals surface area (Å²) in [6.45, 7) is 3.40. The van der Waals surface area contributed by atoms with Gasteiger partial charge in [0, 0.05) is 12.5 Å². The van der Waals surface area contributed by atoms with Gasteiger partial charge < -0.3 is 11.1 Å². The van der Waals surface area contributed by atoms with E-state index in [0.29, 0.717) is 19.0 Å². The fourth-order valence-corrected chi connectivity index (χ4v) is 3.05. The second-order valence-corrected chi connectivity index (χ2v) is 5.77. The highest BCUT2D eigenvalue weighted by molar-refractivity contribution is 5.79. The van der Waals surface area contributed by atoms with E-state index in [9.17, 15) is 4.79 Å². The molecule has 1 saturated carbocycles. The van der Waals surface area contributed by atoms with E-state index in [1.807, 2.05) is 0 Å². The SMILES string of the molecule is CCc1ccc(CNC(=O)C2CCCCC2CN)cc1. The zero-order chi connectivity index (χ0) is 14.4. The quantitative estimate of drug-likeness (QED) is 0.867. The Kier molecular flexibility index (Phi) is 5.60. The van der Waals surface area contributed by atoms with Gasteiger partial charge in [-0.05, 0) is 42.9 Å². The molecule has 1 aliphatic carbocycles. The summed E-state index contributed by atoms with van der Waals surface area (Å²) in [6, 6.07) is 8.45. The van der Waals surface area contributed by atoms with Crippen LogP contribution in [0.25, 0.3) is 0 Å². The van der Waals surface area contributed by atoms with Gasteiger partial charge in [0.05, 0.1) is 0 Å². The molecule has 1 aliphatic rings. The minimum absolute atomic E-state index is 0.115. The van der Waals surface area contributed by atoms with Gasteiger partial charge in [0.25, 0.3) is 0 Å². The minimum Gasteiger partial charge on any atom is -0.352 e. The van der Waals surface area contributed by atoms with E-state index in [1.54, 1.807) is 0 Å². The third-order valence-electron chi connectivity index (χ3n) is 4.45. The number of benzene rings is 1. The highest BCUT2D eigenvalue weighted by Crippen LogP contribution is 2.29. The molecule has 0 saturated heterocycles. The number of carbonyl (C=O) groups is 1. The smallest absolute Gasteiger partial charge is 0.223 e. The van der Waals surface area contributed by atoms with Crippen molar-refractivity contribution >= 4 is 5.91 Å². The topological polar surface area (TPSA) is 55.1 Å². The first kappa shape index (κ1) is 15.0. The van der Waals surface area contributed by atoms with Gasteiger partial charge in [-0.1, -0.05) is 44.0 Å². The van der Waals surface area contributed by atoms with E-state index in [1.165, 1.54) is 12.0 Å². The van der Waals surface area contributed by atoms with Crippen LogP contribution in [0.4, 0.5) is 0 Å². The second kappa shape index (κ2) is 7.44. The van der Waals surface area contributed by atoms with E-state index in [4.69, 9.17) is 5.73 Å². The van der Waals surface area contributed by atoms with Crippen molar-refractivity contribution in [1.82, 2.24) is 5.32 Å². The summed E-state index contributed by atoms with van der Waals surface area (Å²) in [5.41, 5.74) is 8.28. The zero-order valence-electron chi connectivity index (χ0n) is 12.4. The summed E-state index contributed by atoms with van der Waals surface area (Å²) in [4.78, 5) is 12.3. The van der Waals surface area contributed by atoms with Gasteiger partial charge in [0.1, 0.15) is 0 Å². The van der Waals surface area contributed by atoms with Crippen molar-refractivity contribution in [3.63, 3.8) is 0 Å². The Balaban J connectivity index is 1.87. The number of nitrogens with two attached hydrogens (primary N) is 1. The van der Waals surface area contributed by atoms with Crippen LogP contribution < -0.4 is 11.1 Å². The molecule has 2 rings (SSSR count). The van der Waals surface area contributed by atoms with Crippen LogP contribution in [0.1, 0.15) is 43.7 Å². The van der Waals surface area contributed by atoms with Gasteiger partial charge in [0.2, 0.25) is 5.91 Å². The first-order valence-electron chi connectivity index (χ1n) is 7.80. The summed E-state index contributed by atoms with van der Waals surface area (Å²) >= 11 is 0. The first-order valence-corrected chi connectivity index (χ1v) is 7.80. The van der Waals surface area contributed by atoms with Crippen LogP contribution in [0.3, 0.4) is 0 Å². The summed E-state index contributed by atoms with van der Waals surface area (Å²) in [5.74, 6) is 0.662. The summed E-state index contributed by atoms with van der Waals surface area (Å²) in [7, 11) is 0. The molecular weight excluding hydrogens is 248 g/mol. The van der Waals surface area contributed by atoms with Crippen molar-refractivity contribution < 1.29 is 4.79 Å². The van der Waals surface area contributed by atoms with E-state index in [0.717, 1.165) is 31.2 Å². The highest BCUT2D eigenvalue weighted by Gasteiger charge is 2.29. The van der Waals surface area contributed by atoms with Crippen LogP contribution in [-0.4, -0.2) is 12.5 Å². The number of hydrogen-bond donors (Lipinski definition) is 2. The molecule has 3 heteroatoms. The number of amides is 1. The van der Waals surface area contributed by atoms with Gasteiger partial charge >= 0.3 is 0 Å². The van der Waals surface area contributed by atoms with Gasteiger partial charge in [-0.2, -0.15) is 0 Å². The molecule has 20 heavy (non-hydrogen) atoms. The molecule has 0 radical (unpaired) electrons. The molecule has 3 nitrogen and oxygen atoms in total. The van der Waals surface area contributed by atoms with Crippen LogP contribution in [0.2, 0.25) is 0 Å². The van der Waals surface area contributed by atoms with Crippen molar-refractivity contribution in [2.75, 3.05) is 6.54 Å². The Morgan fingerprint density at radius 3 is 2.50 bits per heavy atom. The van der Waals surface area contributed by atoms with Crippen LogP contribution in [0.5, 0.6) is 0 Å². The number of carbonyl (C=O) groups excluding carboxylic acids is 1. The Morgan fingerprint density at radius 1 is 1.20 bits per heavy atom. The molecule has 1 amide bonds. The summed E-state index contributed by atoms with van der Waals surface area (Å²) in [6.07, 6.45) is 5.50. The molecule has 0 bridgehead atoms. The predicted octanol–water partition coefficient (Wildman–Crippen LogP) is 2.63. The average molecular weight is 274 g/mol.